The van der Waals surface area contributed by atoms with Gasteiger partial charge in [0.1, 0.15) is 11.6 Å². The van der Waals surface area contributed by atoms with E-state index >= 15 is 0 Å². The van der Waals surface area contributed by atoms with Gasteiger partial charge in [-0.15, -0.1) is 0 Å². The molecule has 0 aliphatic carbocycles. The van der Waals surface area contributed by atoms with E-state index in [9.17, 15) is 34.2 Å². The zero-order valence-corrected chi connectivity index (χ0v) is 40.4. The lowest BCUT2D eigenvalue weighted by Crippen LogP contribution is -2.53. The number of imide groups is 1. The number of rotatable bonds is 13. The largest absolute Gasteiger partial charge is 0.497 e. The van der Waals surface area contributed by atoms with Crippen LogP contribution in [0.15, 0.2) is 121 Å². The molecule has 0 bridgehead atoms. The van der Waals surface area contributed by atoms with Crippen molar-refractivity contribution in [3.8, 4) is 5.75 Å². The molecule has 0 unspecified atom stereocenters. The van der Waals surface area contributed by atoms with Gasteiger partial charge in [0.05, 0.1) is 23.5 Å². The zero-order chi connectivity index (χ0) is 49.9. The molecule has 0 saturated carbocycles. The van der Waals surface area contributed by atoms with E-state index < -0.39 is 10.7 Å². The van der Waals surface area contributed by atoms with Crippen LogP contribution in [0.2, 0.25) is 0 Å². The highest BCUT2D eigenvalue weighted by Crippen LogP contribution is 2.29. The van der Waals surface area contributed by atoms with Crippen molar-refractivity contribution in [2.75, 3.05) is 91.3 Å². The predicted octanol–water partition coefficient (Wildman–Crippen LogP) is 10.0. The molecular formula is C52H66FN9O7. The van der Waals surface area contributed by atoms with Crippen molar-refractivity contribution in [2.45, 2.75) is 66.0 Å². The zero-order valence-electron chi connectivity index (χ0n) is 40.4. The number of carbonyl (C=O) groups is 2. The number of hydrogen-bond acceptors (Lipinski definition) is 12. The van der Waals surface area contributed by atoms with Crippen LogP contribution in [-0.4, -0.2) is 104 Å². The number of nitrogens with two attached hydrogens (primary N) is 1. The Hall–Kier alpha value is -7.27. The summed E-state index contributed by atoms with van der Waals surface area (Å²) in [5.41, 5.74) is 11.6. The Morgan fingerprint density at radius 3 is 1.70 bits per heavy atom. The van der Waals surface area contributed by atoms with Gasteiger partial charge in [0.15, 0.2) is 0 Å². The second kappa shape index (κ2) is 26.3. The first-order valence-electron chi connectivity index (χ1n) is 23.7. The van der Waals surface area contributed by atoms with Gasteiger partial charge in [-0.3, -0.25) is 39.7 Å². The second-order valence-corrected chi connectivity index (χ2v) is 16.4. The molecule has 2 N–H and O–H groups in total. The summed E-state index contributed by atoms with van der Waals surface area (Å²) in [7, 11) is 1.61. The highest BCUT2D eigenvalue weighted by atomic mass is 19.1. The van der Waals surface area contributed by atoms with Crippen molar-refractivity contribution in [3.63, 3.8) is 0 Å². The van der Waals surface area contributed by atoms with E-state index in [2.05, 4.69) is 57.7 Å². The topological polar surface area (TPSA) is 175 Å². The van der Waals surface area contributed by atoms with Crippen LogP contribution >= 0.6 is 0 Å². The Bertz CT molecular complexity index is 2380. The Morgan fingerprint density at radius 1 is 0.681 bits per heavy atom. The van der Waals surface area contributed by atoms with Crippen LogP contribution < -0.4 is 30.1 Å². The molecular weight excluding hydrogens is 882 g/mol. The maximum absolute atomic E-state index is 13.3. The van der Waals surface area contributed by atoms with Gasteiger partial charge in [-0.25, -0.2) is 9.18 Å². The molecule has 3 saturated heterocycles. The molecule has 0 aromatic heterocycles. The number of nitrogens with zero attached hydrogens (tertiary/aromatic N) is 8. The van der Waals surface area contributed by atoms with Gasteiger partial charge in [-0.2, -0.15) is 0 Å². The minimum absolute atomic E-state index is 0.0959. The van der Waals surface area contributed by atoms with Gasteiger partial charge in [-0.1, -0.05) is 32.9 Å². The van der Waals surface area contributed by atoms with E-state index in [1.807, 2.05) is 74.5 Å². The van der Waals surface area contributed by atoms with Crippen LogP contribution in [0.3, 0.4) is 0 Å². The maximum atomic E-state index is 13.3. The molecule has 3 fully saturated rings. The van der Waals surface area contributed by atoms with E-state index in [4.69, 9.17) is 10.5 Å². The molecule has 3 aliphatic rings. The lowest BCUT2D eigenvalue weighted by molar-refractivity contribution is -0.385. The highest BCUT2D eigenvalue weighted by molar-refractivity contribution is 6.05. The summed E-state index contributed by atoms with van der Waals surface area (Å²) in [4.78, 5) is 58.7. The number of piperazine rings is 1. The molecule has 0 spiro atoms. The van der Waals surface area contributed by atoms with Crippen LogP contribution in [0.25, 0.3) is 0 Å². The number of hydrogen-bond donors (Lipinski definition) is 1. The van der Waals surface area contributed by atoms with Crippen LogP contribution in [0.1, 0.15) is 58.9 Å². The van der Waals surface area contributed by atoms with Gasteiger partial charge in [-0.05, 0) is 117 Å². The lowest BCUT2D eigenvalue weighted by atomic mass is 10.0. The van der Waals surface area contributed by atoms with Crippen LogP contribution in [0.5, 0.6) is 5.75 Å². The van der Waals surface area contributed by atoms with E-state index in [-0.39, 0.29) is 34.8 Å². The number of nitrogen functional groups attached to an aromatic ring is 1. The van der Waals surface area contributed by atoms with Crippen LogP contribution in [-0.2, 0) is 11.3 Å². The number of carbonyl (C=O) groups excluding carboxylic acids is 2. The number of ether oxygens (including phenoxy) is 1. The Morgan fingerprint density at radius 2 is 1.19 bits per heavy atom. The molecule has 368 valence electrons. The molecule has 69 heavy (non-hydrogen) atoms. The van der Waals surface area contributed by atoms with Gasteiger partial charge in [0.2, 0.25) is 5.91 Å². The summed E-state index contributed by atoms with van der Waals surface area (Å²) in [5.74, 6) is 0.107. The average molecular weight is 948 g/mol. The fraction of sp³-hybridized carbons (Fsp3) is 0.385. The smallest absolute Gasteiger partial charge is 0.331 e. The summed E-state index contributed by atoms with van der Waals surface area (Å²) in [5, 5.41) is 20.9. The van der Waals surface area contributed by atoms with Crippen LogP contribution in [0, 0.1) is 26.0 Å². The molecule has 5 aromatic carbocycles. The number of amides is 3. The molecule has 0 radical (unpaired) electrons. The quantitative estimate of drug-likeness (QED) is 0.0673. The minimum atomic E-state index is -0.570. The number of benzene rings is 5. The van der Waals surface area contributed by atoms with Crippen molar-refractivity contribution >= 4 is 51.7 Å². The van der Waals surface area contributed by atoms with Crippen LogP contribution in [0.4, 0.5) is 49.0 Å². The maximum Gasteiger partial charge on any atom is 0.331 e. The lowest BCUT2D eigenvalue weighted by Gasteiger charge is -2.44. The number of halogens is 1. The summed E-state index contributed by atoms with van der Waals surface area (Å²) >= 11 is 0. The van der Waals surface area contributed by atoms with E-state index in [0.717, 1.165) is 124 Å². The second-order valence-electron chi connectivity index (χ2n) is 16.4. The number of nitro benzene ring substituents is 2. The number of anilines is 5. The predicted molar refractivity (Wildman–Crippen MR) is 273 cm³/mol. The first-order chi connectivity index (χ1) is 33.4. The molecule has 5 aromatic rings. The SMILES string of the molecule is CC.CCCN(CC)c1ccc(N)cc1.COc1ccc(CN2C(=O)CCN(c3ccc(N4CCC(N5CCN(c6ccc([N+](=O)[O-])cc6)CC5)CC4)cc3)C2=O)cc1.O=[N+]([O-])c1ccc(F)cc1. The minimum Gasteiger partial charge on any atom is -0.497 e. The summed E-state index contributed by atoms with van der Waals surface area (Å²) in [6.45, 7) is 16.9. The monoisotopic (exact) mass is 948 g/mol. The molecule has 8 rings (SSSR count). The molecule has 3 heterocycles. The fourth-order valence-electron chi connectivity index (χ4n) is 8.45. The normalized spacial score (nSPS) is 15.2. The van der Waals surface area contributed by atoms with Gasteiger partial charge < -0.3 is 25.2 Å². The number of nitro groups is 2. The third-order valence-electron chi connectivity index (χ3n) is 12.2. The number of non-ortho nitro benzene ring substituents is 2. The number of methoxy groups -OCH3 is 1. The highest BCUT2D eigenvalue weighted by Gasteiger charge is 2.33. The van der Waals surface area contributed by atoms with E-state index in [1.54, 1.807) is 24.1 Å². The first-order valence-corrected chi connectivity index (χ1v) is 23.7. The molecule has 16 nitrogen and oxygen atoms in total. The van der Waals surface area contributed by atoms with Crippen molar-refractivity contribution in [3.05, 3.63) is 153 Å². The summed E-state index contributed by atoms with van der Waals surface area (Å²) in [6, 6.07) is 35.0. The molecule has 3 amide bonds. The standard InChI is InChI=1S/C33H38N6O5.C11H18N2.C6H4FNO2.C2H6/c1-44-31-12-2-25(3-13-31)24-38-32(40)16-19-37(33(38)41)29-8-4-26(5-9-29)34-17-14-28(15-18-34)36-22-20-35(21-23-36)27-6-10-30(11-7-27)39(42)43;1-3-9-13(4-2)11-7-5-10(12)6-8-11;7-5-1-3-6(4-2-5)8(9)10;1-2/h2-13,28H,14-24H2,1H3;5-8H,3-4,9,12H2,1-2H3;1-4H;1-2H3. The third kappa shape index (κ3) is 14.9. The van der Waals surface area contributed by atoms with E-state index in [1.165, 1.54) is 17.0 Å². The fourth-order valence-corrected chi connectivity index (χ4v) is 8.45. The Labute approximate surface area is 404 Å². The van der Waals surface area contributed by atoms with Gasteiger partial charge >= 0.3 is 6.03 Å². The van der Waals surface area contributed by atoms with Gasteiger partial charge in [0, 0.05) is 124 Å². The number of urea groups is 1. The third-order valence-corrected chi connectivity index (χ3v) is 12.2. The summed E-state index contributed by atoms with van der Waals surface area (Å²) < 4.78 is 17.3. The number of piperidine rings is 1. The summed E-state index contributed by atoms with van der Waals surface area (Å²) in [6.07, 6.45) is 3.65. The Kier molecular flexibility index (Phi) is 20.1. The van der Waals surface area contributed by atoms with Gasteiger partial charge in [0.25, 0.3) is 11.4 Å². The van der Waals surface area contributed by atoms with Crippen molar-refractivity contribution < 1.29 is 28.6 Å². The first kappa shape index (κ1) is 52.7. The van der Waals surface area contributed by atoms with E-state index in [0.29, 0.717) is 19.0 Å². The average Bonchev–Trinajstić information content (AvgIpc) is 3.39. The van der Waals surface area contributed by atoms with Crippen molar-refractivity contribution in [1.29, 1.82) is 0 Å². The molecule has 3 aliphatic heterocycles. The van der Waals surface area contributed by atoms with Crippen molar-refractivity contribution in [1.82, 2.24) is 9.80 Å². The molecule has 17 heteroatoms. The molecule has 0 atom stereocenters. The van der Waals surface area contributed by atoms with Crippen molar-refractivity contribution in [2.24, 2.45) is 0 Å². The Balaban J connectivity index is 0.000000289.